The van der Waals surface area contributed by atoms with Crippen LogP contribution in [0.1, 0.15) is 39.7 Å². The van der Waals surface area contributed by atoms with Crippen molar-refractivity contribution in [2.75, 3.05) is 42.4 Å². The number of hydrogen-bond acceptors (Lipinski definition) is 10. The number of alkyl halides is 5. The molecule has 4 aromatic rings. The summed E-state index contributed by atoms with van der Waals surface area (Å²) in [6, 6.07) is 12.5. The van der Waals surface area contributed by atoms with Gasteiger partial charge in [0.05, 0.1) is 23.6 Å². The SMILES string of the molecule is CC(C)(CN1CCCNCC(F)(F)c2ccccc2-c2nc(cnc2-n2ccc(OCC(C)(C)C(F)(F)F)n2)NSc2cccc1n2)C(=O)O. The molecule has 4 bridgehead atoms. The lowest BCUT2D eigenvalue weighted by Gasteiger charge is -2.31. The van der Waals surface area contributed by atoms with E-state index in [2.05, 4.69) is 25.1 Å². The van der Waals surface area contributed by atoms with E-state index in [1.807, 2.05) is 4.90 Å². The molecule has 0 radical (unpaired) electrons. The van der Waals surface area contributed by atoms with Crippen molar-refractivity contribution in [2.45, 2.75) is 51.2 Å². The summed E-state index contributed by atoms with van der Waals surface area (Å²) in [7, 11) is 0. The molecule has 11 nitrogen and oxygen atoms in total. The van der Waals surface area contributed by atoms with Gasteiger partial charge >= 0.3 is 12.1 Å². The molecule has 1 aliphatic rings. The Morgan fingerprint density at radius 1 is 1.06 bits per heavy atom. The van der Waals surface area contributed by atoms with Crippen LogP contribution in [0.15, 0.2) is 66.0 Å². The maximum atomic E-state index is 16.0. The molecule has 17 heteroatoms. The largest absolute Gasteiger partial charge is 0.481 e. The Morgan fingerprint density at radius 2 is 1.82 bits per heavy atom. The topological polar surface area (TPSA) is 130 Å². The molecule has 0 spiro atoms. The zero-order valence-corrected chi connectivity index (χ0v) is 28.6. The van der Waals surface area contributed by atoms with Crippen LogP contribution in [0.2, 0.25) is 0 Å². The third kappa shape index (κ3) is 8.43. The van der Waals surface area contributed by atoms with Crippen LogP contribution in [0.4, 0.5) is 33.6 Å². The quantitative estimate of drug-likeness (QED) is 0.138. The van der Waals surface area contributed by atoms with Crippen LogP contribution < -0.4 is 19.7 Å². The monoisotopic (exact) mass is 720 g/mol. The van der Waals surface area contributed by atoms with Gasteiger partial charge < -0.3 is 24.8 Å². The number of aliphatic carboxylic acids is 1. The highest BCUT2D eigenvalue weighted by molar-refractivity contribution is 8.00. The fourth-order valence-corrected chi connectivity index (χ4v) is 5.52. The molecular weight excluding hydrogens is 683 g/mol. The van der Waals surface area contributed by atoms with Crippen LogP contribution in [-0.2, 0) is 10.7 Å². The number of anilines is 2. The lowest BCUT2D eigenvalue weighted by Crippen LogP contribution is -2.41. The third-order valence-electron chi connectivity index (χ3n) is 8.05. The summed E-state index contributed by atoms with van der Waals surface area (Å²) >= 11 is 1.09. The number of aromatic nitrogens is 5. The Bertz CT molecular complexity index is 1820. The number of halogens is 5. The molecule has 0 saturated heterocycles. The lowest BCUT2D eigenvalue weighted by molar-refractivity contribution is -0.219. The van der Waals surface area contributed by atoms with Crippen molar-refractivity contribution in [2.24, 2.45) is 10.8 Å². The minimum atomic E-state index is -4.51. The van der Waals surface area contributed by atoms with Crippen LogP contribution in [0.5, 0.6) is 5.88 Å². The predicted molar refractivity (Wildman–Crippen MR) is 179 cm³/mol. The molecule has 0 saturated carbocycles. The number of benzene rings is 1. The van der Waals surface area contributed by atoms with Crippen LogP contribution in [0, 0.1) is 10.8 Å². The maximum absolute atomic E-state index is 16.0. The van der Waals surface area contributed by atoms with Gasteiger partial charge in [0.2, 0.25) is 5.88 Å². The second-order valence-electron chi connectivity index (χ2n) is 13.1. The van der Waals surface area contributed by atoms with E-state index in [-0.39, 0.29) is 47.4 Å². The molecular formula is C33H37F5N8O3S. The first-order valence-electron chi connectivity index (χ1n) is 15.7. The van der Waals surface area contributed by atoms with Crippen molar-refractivity contribution in [3.05, 3.63) is 66.5 Å². The van der Waals surface area contributed by atoms with Gasteiger partial charge in [-0.05, 0) is 52.8 Å². The Labute approximate surface area is 289 Å². The first kappa shape index (κ1) is 36.8. The summed E-state index contributed by atoms with van der Waals surface area (Å²) in [5, 5.41) is 17.4. The third-order valence-corrected chi connectivity index (χ3v) is 8.79. The van der Waals surface area contributed by atoms with E-state index >= 15 is 8.78 Å². The molecule has 0 amide bonds. The van der Waals surface area contributed by atoms with Gasteiger partial charge in [-0.1, -0.05) is 30.3 Å². The molecule has 50 heavy (non-hydrogen) atoms. The molecule has 268 valence electrons. The zero-order chi connectivity index (χ0) is 36.3. The van der Waals surface area contributed by atoms with Crippen LogP contribution in [-0.4, -0.2) is 74.8 Å². The maximum Gasteiger partial charge on any atom is 0.397 e. The van der Waals surface area contributed by atoms with Crippen molar-refractivity contribution in [1.82, 2.24) is 30.0 Å². The van der Waals surface area contributed by atoms with Crippen molar-refractivity contribution >= 4 is 29.6 Å². The molecule has 3 aromatic heterocycles. The highest BCUT2D eigenvalue weighted by Gasteiger charge is 2.48. The number of fused-ring (bicyclic) bond motifs is 6. The molecule has 0 unspecified atom stereocenters. The van der Waals surface area contributed by atoms with E-state index in [1.165, 1.54) is 41.3 Å². The molecule has 1 aliphatic heterocycles. The van der Waals surface area contributed by atoms with Gasteiger partial charge in [-0.2, -0.15) is 22.0 Å². The average Bonchev–Trinajstić information content (AvgIpc) is 3.54. The molecule has 1 aromatic carbocycles. The number of carboxylic acids is 1. The summed E-state index contributed by atoms with van der Waals surface area (Å²) < 4.78 is 81.8. The van der Waals surface area contributed by atoms with Gasteiger partial charge in [0, 0.05) is 48.4 Å². The zero-order valence-electron chi connectivity index (χ0n) is 27.8. The van der Waals surface area contributed by atoms with E-state index in [0.717, 1.165) is 25.8 Å². The van der Waals surface area contributed by atoms with Crippen molar-refractivity contribution in [3.8, 4) is 23.0 Å². The fourth-order valence-electron chi connectivity index (χ4n) is 4.92. The standard InChI is InChI=1S/C33H37F5N8O3S/c1-30(2,29(47)48)19-45-15-8-14-39-18-32(34,35)22-10-6-5-9-21(22)27-28(40-17-23(41-27)44-50-26-12-7-11-24(45)42-26)46-16-13-25(43-46)49-20-31(3,4)33(36,37)38/h5-7,9-13,16-17,39H,8,14-15,18-20H2,1-4H3,(H,41,44)(H,47,48). The van der Waals surface area contributed by atoms with Gasteiger partial charge in [0.15, 0.2) is 11.6 Å². The predicted octanol–water partition coefficient (Wildman–Crippen LogP) is 6.81. The number of nitrogens with one attached hydrogen (secondary N) is 2. The number of carbonyl (C=O) groups is 1. The molecule has 4 heterocycles. The minimum Gasteiger partial charge on any atom is -0.481 e. The summed E-state index contributed by atoms with van der Waals surface area (Å²) in [5.41, 5.74) is -3.49. The van der Waals surface area contributed by atoms with Gasteiger partial charge in [0.25, 0.3) is 5.92 Å². The second-order valence-corrected chi connectivity index (χ2v) is 14.0. The first-order valence-corrected chi connectivity index (χ1v) is 16.5. The number of rotatable bonds is 7. The molecule has 0 atom stereocenters. The van der Waals surface area contributed by atoms with E-state index < -0.39 is 42.0 Å². The smallest absolute Gasteiger partial charge is 0.397 e. The van der Waals surface area contributed by atoms with Crippen molar-refractivity contribution in [1.29, 1.82) is 0 Å². The Morgan fingerprint density at radius 3 is 2.56 bits per heavy atom. The van der Waals surface area contributed by atoms with Crippen molar-refractivity contribution in [3.63, 3.8) is 0 Å². The van der Waals surface area contributed by atoms with Crippen LogP contribution in [0.25, 0.3) is 17.1 Å². The Hall–Kier alpha value is -4.51. The molecule has 0 aliphatic carbocycles. The average molecular weight is 721 g/mol. The van der Waals surface area contributed by atoms with Gasteiger partial charge in [-0.25, -0.2) is 19.6 Å². The highest BCUT2D eigenvalue weighted by Crippen LogP contribution is 2.39. The van der Waals surface area contributed by atoms with Gasteiger partial charge in [-0.15, -0.1) is 5.10 Å². The Kier molecular flexibility index (Phi) is 10.6. The molecule has 0 fully saturated rings. The summed E-state index contributed by atoms with van der Waals surface area (Å²) in [6.07, 6.45) is -1.33. The van der Waals surface area contributed by atoms with E-state index in [4.69, 9.17) is 9.72 Å². The highest BCUT2D eigenvalue weighted by atomic mass is 32.2. The summed E-state index contributed by atoms with van der Waals surface area (Å²) in [6.45, 7) is 4.54. The normalized spacial score (nSPS) is 15.8. The van der Waals surface area contributed by atoms with Gasteiger partial charge in [-0.3, -0.25) is 4.79 Å². The van der Waals surface area contributed by atoms with E-state index in [1.54, 1.807) is 38.1 Å². The van der Waals surface area contributed by atoms with E-state index in [0.29, 0.717) is 23.8 Å². The number of pyridine rings is 1. The summed E-state index contributed by atoms with van der Waals surface area (Å²) in [5.74, 6) is -3.72. The lowest BCUT2D eigenvalue weighted by atomic mass is 9.93. The minimum absolute atomic E-state index is 0.0317. The molecule has 5 rings (SSSR count). The number of nitrogens with zero attached hydrogens (tertiary/aromatic N) is 6. The number of carboxylic acid groups (broad SMARTS) is 1. The number of ether oxygens (including phenoxy) is 1. The number of hydrogen-bond donors (Lipinski definition) is 3. The van der Waals surface area contributed by atoms with Crippen LogP contribution in [0.3, 0.4) is 0 Å². The van der Waals surface area contributed by atoms with Gasteiger partial charge in [0.1, 0.15) is 23.1 Å². The molecule has 3 N–H and O–H groups in total. The second kappa shape index (κ2) is 14.4. The Balaban J connectivity index is 1.53. The fraction of sp³-hybridized carbons (Fsp3) is 0.424. The first-order chi connectivity index (χ1) is 23.5. The van der Waals surface area contributed by atoms with Crippen LogP contribution >= 0.6 is 11.9 Å². The van der Waals surface area contributed by atoms with E-state index in [9.17, 15) is 23.1 Å². The summed E-state index contributed by atoms with van der Waals surface area (Å²) in [4.78, 5) is 27.6. The van der Waals surface area contributed by atoms with Crippen molar-refractivity contribution < 1.29 is 36.6 Å².